The molecule has 0 bridgehead atoms. The van der Waals surface area contributed by atoms with Gasteiger partial charge in [0.15, 0.2) is 0 Å². The molecule has 2 rings (SSSR count). The number of nitrogens with zero attached hydrogens (tertiary/aromatic N) is 1. The van der Waals surface area contributed by atoms with Gasteiger partial charge in [-0.05, 0) is 70.4 Å². The summed E-state index contributed by atoms with van der Waals surface area (Å²) in [5.41, 5.74) is 1.90. The van der Waals surface area contributed by atoms with E-state index in [2.05, 4.69) is 41.5 Å². The molecule has 0 atom stereocenters. The maximum absolute atomic E-state index is 12.7. The zero-order valence-electron chi connectivity index (χ0n) is 18.0. The molecule has 0 fully saturated rings. The summed E-state index contributed by atoms with van der Waals surface area (Å²) in [6.45, 7) is 9.93. The van der Waals surface area contributed by atoms with E-state index in [4.69, 9.17) is 0 Å². The van der Waals surface area contributed by atoms with Crippen LogP contribution < -0.4 is 15.5 Å². The molecule has 0 aliphatic rings. The number of anilines is 2. The topological polar surface area (TPSA) is 61.4 Å². The van der Waals surface area contributed by atoms with E-state index in [1.165, 1.54) is 5.56 Å². The molecule has 156 valence electrons. The molecular formula is C24H33N3O2. The highest BCUT2D eigenvalue weighted by Gasteiger charge is 2.35. The monoisotopic (exact) mass is 395 g/mol. The van der Waals surface area contributed by atoms with Gasteiger partial charge < -0.3 is 15.5 Å². The van der Waals surface area contributed by atoms with Crippen molar-refractivity contribution in [2.24, 2.45) is 5.41 Å². The first-order chi connectivity index (χ1) is 13.9. The third-order valence-electron chi connectivity index (χ3n) is 5.16. The smallest absolute Gasteiger partial charge is 0.239 e. The lowest BCUT2D eigenvalue weighted by molar-refractivity contribution is -0.138. The summed E-state index contributed by atoms with van der Waals surface area (Å²) in [7, 11) is 0. The van der Waals surface area contributed by atoms with Gasteiger partial charge in [-0.15, -0.1) is 0 Å². The van der Waals surface area contributed by atoms with E-state index >= 15 is 0 Å². The number of nitrogens with one attached hydrogen (secondary N) is 2. The Morgan fingerprint density at radius 3 is 2.10 bits per heavy atom. The van der Waals surface area contributed by atoms with Crippen LogP contribution in [0.25, 0.3) is 0 Å². The second-order valence-corrected chi connectivity index (χ2v) is 7.64. The van der Waals surface area contributed by atoms with Crippen molar-refractivity contribution >= 4 is 23.2 Å². The molecule has 0 saturated heterocycles. The minimum absolute atomic E-state index is 0.261. The fraction of sp³-hybridized carbons (Fsp3) is 0.417. The highest BCUT2D eigenvalue weighted by atomic mass is 16.2. The molecule has 0 aliphatic heterocycles. The maximum atomic E-state index is 12.7. The molecule has 0 heterocycles. The molecule has 0 saturated carbocycles. The summed E-state index contributed by atoms with van der Waals surface area (Å²) in [5, 5.41) is 5.76. The lowest BCUT2D eigenvalue weighted by Gasteiger charge is -2.24. The average molecular weight is 396 g/mol. The minimum atomic E-state index is -1.15. The third kappa shape index (κ3) is 6.34. The zero-order valence-corrected chi connectivity index (χ0v) is 18.0. The van der Waals surface area contributed by atoms with Crippen molar-refractivity contribution in [3.63, 3.8) is 0 Å². The summed E-state index contributed by atoms with van der Waals surface area (Å²) >= 11 is 0. The second-order valence-electron chi connectivity index (χ2n) is 7.64. The predicted octanol–water partition coefficient (Wildman–Crippen LogP) is 4.25. The summed E-state index contributed by atoms with van der Waals surface area (Å²) in [4.78, 5) is 27.5. The third-order valence-corrected chi connectivity index (χ3v) is 5.16. The van der Waals surface area contributed by atoms with Gasteiger partial charge in [-0.2, -0.15) is 0 Å². The van der Waals surface area contributed by atoms with Crippen molar-refractivity contribution in [1.82, 2.24) is 5.32 Å². The van der Waals surface area contributed by atoms with Crippen LogP contribution in [0.4, 0.5) is 11.4 Å². The zero-order chi connectivity index (χ0) is 21.3. The first-order valence-corrected chi connectivity index (χ1v) is 10.4. The lowest BCUT2D eigenvalue weighted by atomic mass is 9.91. The molecule has 0 radical (unpaired) electrons. The molecule has 0 spiro atoms. The first-order valence-electron chi connectivity index (χ1n) is 10.4. The van der Waals surface area contributed by atoms with Crippen LogP contribution in [-0.4, -0.2) is 31.4 Å². The minimum Gasteiger partial charge on any atom is -0.372 e. The maximum Gasteiger partial charge on any atom is 0.239 e. The van der Waals surface area contributed by atoms with Gasteiger partial charge in [-0.25, -0.2) is 0 Å². The Morgan fingerprint density at radius 2 is 1.52 bits per heavy atom. The van der Waals surface area contributed by atoms with Crippen LogP contribution in [0.2, 0.25) is 0 Å². The first kappa shape index (κ1) is 22.5. The van der Waals surface area contributed by atoms with Crippen LogP contribution in [0, 0.1) is 5.41 Å². The molecule has 2 amide bonds. The molecule has 2 aromatic carbocycles. The van der Waals surface area contributed by atoms with Gasteiger partial charge in [0.1, 0.15) is 5.41 Å². The summed E-state index contributed by atoms with van der Waals surface area (Å²) in [5.74, 6) is -0.573. The van der Waals surface area contributed by atoms with Crippen molar-refractivity contribution in [3.05, 3.63) is 60.2 Å². The molecule has 5 heteroatoms. The number of benzene rings is 2. The fourth-order valence-corrected chi connectivity index (χ4v) is 3.09. The number of carbonyl (C=O) groups is 2. The van der Waals surface area contributed by atoms with Gasteiger partial charge in [0.25, 0.3) is 0 Å². The Bertz CT molecular complexity index is 782. The van der Waals surface area contributed by atoms with E-state index in [0.717, 1.165) is 31.6 Å². The van der Waals surface area contributed by atoms with Crippen molar-refractivity contribution in [1.29, 1.82) is 0 Å². The van der Waals surface area contributed by atoms with Gasteiger partial charge in [-0.3, -0.25) is 9.59 Å². The molecule has 0 aromatic heterocycles. The van der Waals surface area contributed by atoms with Crippen molar-refractivity contribution < 1.29 is 9.59 Å². The lowest BCUT2D eigenvalue weighted by Crippen LogP contribution is -2.45. The second kappa shape index (κ2) is 10.6. The Kier molecular flexibility index (Phi) is 8.25. The quantitative estimate of drug-likeness (QED) is 0.467. The summed E-state index contributed by atoms with van der Waals surface area (Å²) < 4.78 is 0. The highest BCUT2D eigenvalue weighted by Crippen LogP contribution is 2.22. The number of rotatable bonds is 10. The Hall–Kier alpha value is -2.82. The molecule has 0 unspecified atom stereocenters. The van der Waals surface area contributed by atoms with Crippen molar-refractivity contribution in [2.45, 2.75) is 40.5 Å². The van der Waals surface area contributed by atoms with Gasteiger partial charge in [0, 0.05) is 31.0 Å². The van der Waals surface area contributed by atoms with E-state index < -0.39 is 5.41 Å². The van der Waals surface area contributed by atoms with Crippen molar-refractivity contribution in [3.8, 4) is 0 Å². The largest absolute Gasteiger partial charge is 0.372 e. The molecule has 2 aromatic rings. The molecule has 2 N–H and O–H groups in total. The molecular weight excluding hydrogens is 362 g/mol. The number of amides is 2. The highest BCUT2D eigenvalue weighted by molar-refractivity contribution is 6.09. The SMILES string of the molecule is CCN(CC)c1ccc(NC(=O)C(C)(C)C(=O)NCCCc2ccccc2)cc1. The molecule has 0 aliphatic carbocycles. The number of hydrogen-bond donors (Lipinski definition) is 2. The summed E-state index contributed by atoms with van der Waals surface area (Å²) in [6.07, 6.45) is 1.73. The van der Waals surface area contributed by atoms with Crippen LogP contribution in [-0.2, 0) is 16.0 Å². The number of hydrogen-bond acceptors (Lipinski definition) is 3. The number of aryl methyl sites for hydroxylation is 1. The van der Waals surface area contributed by atoms with Crippen LogP contribution in [0.5, 0.6) is 0 Å². The van der Waals surface area contributed by atoms with Crippen LogP contribution in [0.1, 0.15) is 39.7 Å². The van der Waals surface area contributed by atoms with E-state index in [0.29, 0.717) is 12.2 Å². The van der Waals surface area contributed by atoms with E-state index in [1.54, 1.807) is 13.8 Å². The molecule has 5 nitrogen and oxygen atoms in total. The Balaban J connectivity index is 1.85. The fourth-order valence-electron chi connectivity index (χ4n) is 3.09. The van der Waals surface area contributed by atoms with Gasteiger partial charge in [0.05, 0.1) is 0 Å². The van der Waals surface area contributed by atoms with Crippen LogP contribution >= 0.6 is 0 Å². The van der Waals surface area contributed by atoms with Gasteiger partial charge >= 0.3 is 0 Å². The van der Waals surface area contributed by atoms with Gasteiger partial charge in [-0.1, -0.05) is 30.3 Å². The normalized spacial score (nSPS) is 11.0. The standard InChI is InChI=1S/C24H33N3O2/c1-5-27(6-2)21-16-14-20(15-17-21)26-23(29)24(3,4)22(28)25-18-10-13-19-11-8-7-9-12-19/h7-9,11-12,14-17H,5-6,10,13,18H2,1-4H3,(H,25,28)(H,26,29). The van der Waals surface area contributed by atoms with E-state index in [1.807, 2.05) is 42.5 Å². The summed E-state index contributed by atoms with van der Waals surface area (Å²) in [6, 6.07) is 17.9. The number of carbonyl (C=O) groups excluding carboxylic acids is 2. The average Bonchev–Trinajstić information content (AvgIpc) is 2.73. The predicted molar refractivity (Wildman–Crippen MR) is 120 cm³/mol. The van der Waals surface area contributed by atoms with E-state index in [-0.39, 0.29) is 11.8 Å². The Labute approximate surface area is 174 Å². The van der Waals surface area contributed by atoms with Crippen LogP contribution in [0.15, 0.2) is 54.6 Å². The Morgan fingerprint density at radius 1 is 0.897 bits per heavy atom. The van der Waals surface area contributed by atoms with Crippen LogP contribution in [0.3, 0.4) is 0 Å². The van der Waals surface area contributed by atoms with E-state index in [9.17, 15) is 9.59 Å². The molecule has 29 heavy (non-hydrogen) atoms. The van der Waals surface area contributed by atoms with Gasteiger partial charge in [0.2, 0.25) is 11.8 Å². The van der Waals surface area contributed by atoms with Crippen molar-refractivity contribution in [2.75, 3.05) is 29.9 Å².